The smallest absolute Gasteiger partial charge is 0.248 e. The van der Waals surface area contributed by atoms with Crippen molar-refractivity contribution in [1.82, 2.24) is 15.2 Å². The fourth-order valence-corrected chi connectivity index (χ4v) is 3.94. The van der Waals surface area contributed by atoms with Gasteiger partial charge in [0.25, 0.3) is 0 Å². The first kappa shape index (κ1) is 14.6. The largest absolute Gasteiger partial charge is 0.372 e. The minimum absolute atomic E-state index is 0.0249. The molecule has 0 spiro atoms. The standard InChI is InChI=1S/C15H19N5O2S/c21-14(11-3-1-6-20(11)15-16-5-8-23-15)17-13-9-10(18-19-13)12-4-2-7-22-12/h5,8-9,11-12H,1-4,6-7H2,(H2,17,18,19,21). The van der Waals surface area contributed by atoms with Crippen molar-refractivity contribution >= 4 is 28.2 Å². The molecular formula is C15H19N5O2S. The predicted octanol–water partition coefficient (Wildman–Crippen LogP) is 2.33. The normalized spacial score (nSPS) is 24.3. The van der Waals surface area contributed by atoms with Gasteiger partial charge >= 0.3 is 0 Å². The Morgan fingerprint density at radius 3 is 3.17 bits per heavy atom. The first-order valence-electron chi connectivity index (χ1n) is 7.95. The summed E-state index contributed by atoms with van der Waals surface area (Å²) in [6, 6.07) is 1.69. The molecule has 2 aliphatic heterocycles. The third-order valence-electron chi connectivity index (χ3n) is 4.35. The van der Waals surface area contributed by atoms with Crippen LogP contribution in [0.5, 0.6) is 0 Å². The highest BCUT2D eigenvalue weighted by atomic mass is 32.1. The Hall–Kier alpha value is -1.93. The van der Waals surface area contributed by atoms with Crippen LogP contribution in [-0.2, 0) is 9.53 Å². The predicted molar refractivity (Wildman–Crippen MR) is 87.6 cm³/mol. The summed E-state index contributed by atoms with van der Waals surface area (Å²) >= 11 is 1.57. The molecule has 2 fully saturated rings. The van der Waals surface area contributed by atoms with E-state index in [1.165, 1.54) is 0 Å². The van der Waals surface area contributed by atoms with Crippen molar-refractivity contribution in [2.45, 2.75) is 37.8 Å². The second-order valence-corrected chi connectivity index (χ2v) is 6.74. The van der Waals surface area contributed by atoms with Gasteiger partial charge in [0.15, 0.2) is 10.9 Å². The number of ether oxygens (including phenoxy) is 1. The Morgan fingerprint density at radius 2 is 2.39 bits per heavy atom. The number of aromatic nitrogens is 3. The van der Waals surface area contributed by atoms with Crippen LogP contribution in [0.15, 0.2) is 17.6 Å². The number of carbonyl (C=O) groups excluding carboxylic acids is 1. The molecule has 0 radical (unpaired) electrons. The van der Waals surface area contributed by atoms with Crippen LogP contribution >= 0.6 is 11.3 Å². The second-order valence-electron chi connectivity index (χ2n) is 5.87. The summed E-state index contributed by atoms with van der Waals surface area (Å²) in [5, 5.41) is 12.9. The molecule has 2 unspecified atom stereocenters. The van der Waals surface area contributed by atoms with Crippen LogP contribution in [0.1, 0.15) is 37.5 Å². The third kappa shape index (κ3) is 2.96. The molecule has 0 saturated carbocycles. The van der Waals surface area contributed by atoms with Crippen LogP contribution in [0.3, 0.4) is 0 Å². The molecule has 2 atom stereocenters. The quantitative estimate of drug-likeness (QED) is 0.897. The lowest BCUT2D eigenvalue weighted by Gasteiger charge is -2.22. The summed E-state index contributed by atoms with van der Waals surface area (Å²) in [5.74, 6) is 0.537. The zero-order chi connectivity index (χ0) is 15.6. The molecule has 0 aromatic carbocycles. The average molecular weight is 333 g/mol. The van der Waals surface area contributed by atoms with Crippen LogP contribution in [-0.4, -0.2) is 40.3 Å². The lowest BCUT2D eigenvalue weighted by molar-refractivity contribution is -0.117. The molecule has 2 aromatic heterocycles. The minimum atomic E-state index is -0.177. The van der Waals surface area contributed by atoms with E-state index in [0.717, 1.165) is 49.7 Å². The molecular weight excluding hydrogens is 314 g/mol. The number of nitrogens with one attached hydrogen (secondary N) is 2. The van der Waals surface area contributed by atoms with E-state index >= 15 is 0 Å². The maximum absolute atomic E-state index is 12.6. The highest BCUT2D eigenvalue weighted by molar-refractivity contribution is 7.13. The summed E-state index contributed by atoms with van der Waals surface area (Å²) in [6.45, 7) is 1.66. The van der Waals surface area contributed by atoms with Gasteiger partial charge in [0, 0.05) is 30.8 Å². The Morgan fingerprint density at radius 1 is 1.43 bits per heavy atom. The van der Waals surface area contributed by atoms with E-state index in [0.29, 0.717) is 5.82 Å². The van der Waals surface area contributed by atoms with E-state index < -0.39 is 0 Å². The first-order valence-corrected chi connectivity index (χ1v) is 8.83. The number of hydrogen-bond acceptors (Lipinski definition) is 6. The number of H-pyrrole nitrogens is 1. The SMILES string of the molecule is O=C(Nc1cc(C2CCCO2)[nH]n1)C1CCCN1c1nccs1. The van der Waals surface area contributed by atoms with Crippen molar-refractivity contribution in [3.8, 4) is 0 Å². The van der Waals surface area contributed by atoms with Gasteiger partial charge < -0.3 is 15.0 Å². The van der Waals surface area contributed by atoms with E-state index in [2.05, 4.69) is 25.4 Å². The fraction of sp³-hybridized carbons (Fsp3) is 0.533. The molecule has 7 nitrogen and oxygen atoms in total. The molecule has 0 bridgehead atoms. The zero-order valence-electron chi connectivity index (χ0n) is 12.7. The monoisotopic (exact) mass is 333 g/mol. The summed E-state index contributed by atoms with van der Waals surface area (Å²) < 4.78 is 5.62. The number of hydrogen-bond donors (Lipinski definition) is 2. The zero-order valence-corrected chi connectivity index (χ0v) is 13.5. The highest BCUT2D eigenvalue weighted by Crippen LogP contribution is 2.30. The van der Waals surface area contributed by atoms with Gasteiger partial charge in [-0.3, -0.25) is 9.89 Å². The lowest BCUT2D eigenvalue weighted by atomic mass is 10.2. The van der Waals surface area contributed by atoms with Crippen molar-refractivity contribution in [2.75, 3.05) is 23.4 Å². The van der Waals surface area contributed by atoms with Crippen molar-refractivity contribution < 1.29 is 9.53 Å². The number of thiazole rings is 1. The summed E-state index contributed by atoms with van der Waals surface area (Å²) in [5.41, 5.74) is 0.931. The van der Waals surface area contributed by atoms with Crippen LogP contribution in [0, 0.1) is 0 Å². The molecule has 122 valence electrons. The van der Waals surface area contributed by atoms with Gasteiger partial charge in [0.1, 0.15) is 6.04 Å². The Labute approximate surface area is 138 Å². The second kappa shape index (κ2) is 6.29. The number of carbonyl (C=O) groups is 1. The fourth-order valence-electron chi connectivity index (χ4n) is 3.22. The van der Waals surface area contributed by atoms with Crippen molar-refractivity contribution in [3.05, 3.63) is 23.3 Å². The van der Waals surface area contributed by atoms with Crippen molar-refractivity contribution in [1.29, 1.82) is 0 Å². The van der Waals surface area contributed by atoms with Crippen molar-refractivity contribution in [3.63, 3.8) is 0 Å². The van der Waals surface area contributed by atoms with Gasteiger partial charge in [-0.2, -0.15) is 5.10 Å². The molecule has 2 aliphatic rings. The number of rotatable bonds is 4. The lowest BCUT2D eigenvalue weighted by Crippen LogP contribution is -2.39. The van der Waals surface area contributed by atoms with Crippen molar-refractivity contribution in [2.24, 2.45) is 0 Å². The highest BCUT2D eigenvalue weighted by Gasteiger charge is 2.32. The number of nitrogens with zero attached hydrogens (tertiary/aromatic N) is 3. The Kier molecular flexibility index (Phi) is 4.00. The van der Waals surface area contributed by atoms with Crippen LogP contribution in [0.4, 0.5) is 10.9 Å². The van der Waals surface area contributed by atoms with Gasteiger partial charge in [-0.1, -0.05) is 0 Å². The molecule has 1 amide bonds. The Bertz CT molecular complexity index is 665. The van der Waals surface area contributed by atoms with E-state index in [4.69, 9.17) is 4.74 Å². The van der Waals surface area contributed by atoms with Gasteiger partial charge in [0.05, 0.1) is 11.8 Å². The van der Waals surface area contributed by atoms with Crippen LogP contribution in [0.2, 0.25) is 0 Å². The average Bonchev–Trinajstić information content (AvgIpc) is 3.30. The molecule has 2 aromatic rings. The molecule has 0 aliphatic carbocycles. The minimum Gasteiger partial charge on any atom is -0.372 e. The summed E-state index contributed by atoms with van der Waals surface area (Å²) in [7, 11) is 0. The Balaban J connectivity index is 1.43. The third-order valence-corrected chi connectivity index (χ3v) is 5.15. The molecule has 2 N–H and O–H groups in total. The summed E-state index contributed by atoms with van der Waals surface area (Å²) in [4.78, 5) is 19.0. The van der Waals surface area contributed by atoms with Gasteiger partial charge in [-0.05, 0) is 25.7 Å². The van der Waals surface area contributed by atoms with E-state index in [1.54, 1.807) is 17.5 Å². The van der Waals surface area contributed by atoms with E-state index in [-0.39, 0.29) is 18.1 Å². The van der Waals surface area contributed by atoms with Gasteiger partial charge in [-0.15, -0.1) is 11.3 Å². The molecule has 4 heterocycles. The molecule has 4 rings (SSSR count). The van der Waals surface area contributed by atoms with E-state index in [1.807, 2.05) is 11.4 Å². The number of aromatic amines is 1. The molecule has 23 heavy (non-hydrogen) atoms. The molecule has 8 heteroatoms. The first-order chi connectivity index (χ1) is 11.3. The summed E-state index contributed by atoms with van der Waals surface area (Å²) in [6.07, 6.45) is 5.75. The van der Waals surface area contributed by atoms with Crippen LogP contribution in [0.25, 0.3) is 0 Å². The van der Waals surface area contributed by atoms with Gasteiger partial charge in [0.2, 0.25) is 5.91 Å². The van der Waals surface area contributed by atoms with Gasteiger partial charge in [-0.25, -0.2) is 4.98 Å². The topological polar surface area (TPSA) is 83.1 Å². The maximum atomic E-state index is 12.6. The number of anilines is 2. The number of amides is 1. The molecule has 2 saturated heterocycles. The van der Waals surface area contributed by atoms with E-state index in [9.17, 15) is 4.79 Å². The van der Waals surface area contributed by atoms with Crippen LogP contribution < -0.4 is 10.2 Å². The maximum Gasteiger partial charge on any atom is 0.248 e.